The maximum Gasteiger partial charge on any atom is 0.449 e. The molecule has 3 rings (SSSR count). The normalized spacial score (nSPS) is 18.0. The molecule has 1 aromatic carbocycles. The SMILES string of the molecule is COC(=O)/C=C1/S/C(=N\N=Cc2cccc3[nH]c(C(F)(F)F)nc23)NC1=O. The lowest BCUT2D eigenvalue weighted by molar-refractivity contribution is -0.144. The van der Waals surface area contributed by atoms with E-state index in [9.17, 15) is 22.8 Å². The molecule has 12 heteroatoms. The summed E-state index contributed by atoms with van der Waals surface area (Å²) in [6.07, 6.45) is -2.37. The molecule has 0 saturated carbocycles. The van der Waals surface area contributed by atoms with Crippen LogP contribution in [0.15, 0.2) is 39.4 Å². The number of aromatic nitrogens is 2. The van der Waals surface area contributed by atoms with E-state index >= 15 is 0 Å². The number of amides is 1. The molecule has 2 aromatic rings. The molecule has 1 aliphatic rings. The van der Waals surface area contributed by atoms with Gasteiger partial charge in [0.1, 0.15) is 0 Å². The molecule has 2 heterocycles. The molecule has 1 amide bonds. The van der Waals surface area contributed by atoms with Gasteiger partial charge in [0.05, 0.1) is 29.3 Å². The topological polar surface area (TPSA) is 109 Å². The number of fused-ring (bicyclic) bond motifs is 1. The van der Waals surface area contributed by atoms with Gasteiger partial charge in [-0.25, -0.2) is 9.78 Å². The summed E-state index contributed by atoms with van der Waals surface area (Å²) in [6.45, 7) is 0. The number of nitrogens with zero attached hydrogens (tertiary/aromatic N) is 3. The first-order chi connectivity index (χ1) is 12.8. The minimum Gasteiger partial charge on any atom is -0.466 e. The van der Waals surface area contributed by atoms with Crippen molar-refractivity contribution >= 4 is 46.1 Å². The molecule has 27 heavy (non-hydrogen) atoms. The fraction of sp³-hybridized carbons (Fsp3) is 0.133. The average molecular weight is 397 g/mol. The molecule has 1 saturated heterocycles. The zero-order valence-electron chi connectivity index (χ0n) is 13.5. The van der Waals surface area contributed by atoms with Crippen molar-refractivity contribution in [3.63, 3.8) is 0 Å². The molecule has 2 N–H and O–H groups in total. The molecule has 1 aromatic heterocycles. The largest absolute Gasteiger partial charge is 0.466 e. The van der Waals surface area contributed by atoms with Crippen molar-refractivity contribution in [3.8, 4) is 0 Å². The highest BCUT2D eigenvalue weighted by Gasteiger charge is 2.35. The first-order valence-electron chi connectivity index (χ1n) is 7.23. The molecule has 8 nitrogen and oxygen atoms in total. The van der Waals surface area contributed by atoms with Crippen molar-refractivity contribution in [1.29, 1.82) is 0 Å². The average Bonchev–Trinajstić information content (AvgIpc) is 3.19. The summed E-state index contributed by atoms with van der Waals surface area (Å²) in [7, 11) is 1.18. The fourth-order valence-corrected chi connectivity index (χ4v) is 2.82. The Morgan fingerprint density at radius 2 is 2.15 bits per heavy atom. The number of imidazole rings is 1. The van der Waals surface area contributed by atoms with Crippen LogP contribution in [0, 0.1) is 0 Å². The van der Waals surface area contributed by atoms with Gasteiger partial charge in [0.15, 0.2) is 5.17 Å². The first-order valence-corrected chi connectivity index (χ1v) is 8.05. The van der Waals surface area contributed by atoms with Crippen LogP contribution in [0.25, 0.3) is 11.0 Å². The van der Waals surface area contributed by atoms with E-state index in [1.165, 1.54) is 25.5 Å². The van der Waals surface area contributed by atoms with Crippen LogP contribution in [0.5, 0.6) is 0 Å². The second-order valence-corrected chi connectivity index (χ2v) is 6.09. The van der Waals surface area contributed by atoms with E-state index in [4.69, 9.17) is 0 Å². The molecule has 0 bridgehead atoms. The lowest BCUT2D eigenvalue weighted by atomic mass is 10.2. The van der Waals surface area contributed by atoms with E-state index in [1.54, 1.807) is 6.07 Å². The standard InChI is InChI=1S/C15H10F3N5O3S/c1-26-10(24)5-9-12(25)22-14(27-9)23-19-6-7-3-2-4-8-11(7)21-13(20-8)15(16,17)18/h2-6H,1H3,(H,20,21)(H,22,23,25)/b9-5+,19-6?. The highest BCUT2D eigenvalue weighted by molar-refractivity contribution is 8.18. The smallest absolute Gasteiger partial charge is 0.449 e. The number of para-hydroxylation sites is 1. The predicted octanol–water partition coefficient (Wildman–Crippen LogP) is 2.19. The van der Waals surface area contributed by atoms with Gasteiger partial charge in [-0.15, -0.1) is 5.10 Å². The minimum atomic E-state index is -4.60. The quantitative estimate of drug-likeness (QED) is 0.357. The number of rotatable bonds is 3. The van der Waals surface area contributed by atoms with Crippen molar-refractivity contribution in [2.24, 2.45) is 10.2 Å². The molecule has 140 valence electrons. The number of benzene rings is 1. The monoisotopic (exact) mass is 397 g/mol. The Labute approximate surface area is 153 Å². The zero-order chi connectivity index (χ0) is 19.6. The van der Waals surface area contributed by atoms with Crippen LogP contribution in [0.3, 0.4) is 0 Å². The molecule has 0 aliphatic carbocycles. The predicted molar refractivity (Wildman–Crippen MR) is 92.0 cm³/mol. The van der Waals surface area contributed by atoms with Crippen molar-refractivity contribution < 1.29 is 27.5 Å². The number of esters is 1. The van der Waals surface area contributed by atoms with Gasteiger partial charge in [-0.2, -0.15) is 18.3 Å². The Balaban J connectivity index is 1.82. The van der Waals surface area contributed by atoms with Gasteiger partial charge in [-0.3, -0.25) is 10.1 Å². The summed E-state index contributed by atoms with van der Waals surface area (Å²) in [6, 6.07) is 4.52. The van der Waals surface area contributed by atoms with Gasteiger partial charge in [0.25, 0.3) is 5.91 Å². The molecular formula is C15H10F3N5O3S. The summed E-state index contributed by atoms with van der Waals surface area (Å²) in [4.78, 5) is 28.7. The third-order valence-corrected chi connectivity index (χ3v) is 4.16. The van der Waals surface area contributed by atoms with Crippen LogP contribution >= 0.6 is 11.8 Å². The van der Waals surface area contributed by atoms with E-state index in [1.807, 2.05) is 0 Å². The van der Waals surface area contributed by atoms with Crippen LogP contribution in [0.2, 0.25) is 0 Å². The van der Waals surface area contributed by atoms with E-state index in [0.29, 0.717) is 5.56 Å². The lowest BCUT2D eigenvalue weighted by Gasteiger charge is -1.99. The number of methoxy groups -OCH3 is 1. The van der Waals surface area contributed by atoms with Crippen LogP contribution in [0.4, 0.5) is 13.2 Å². The van der Waals surface area contributed by atoms with Crippen LogP contribution < -0.4 is 5.32 Å². The van der Waals surface area contributed by atoms with Crippen LogP contribution in [0.1, 0.15) is 11.4 Å². The summed E-state index contributed by atoms with van der Waals surface area (Å²) in [5.74, 6) is -2.34. The van der Waals surface area contributed by atoms with E-state index in [2.05, 4.69) is 30.2 Å². The number of nitrogens with one attached hydrogen (secondary N) is 2. The van der Waals surface area contributed by atoms with E-state index < -0.39 is 23.9 Å². The van der Waals surface area contributed by atoms with Crippen LogP contribution in [-0.4, -0.2) is 40.3 Å². The zero-order valence-corrected chi connectivity index (χ0v) is 14.3. The van der Waals surface area contributed by atoms with Crippen molar-refractivity contribution in [2.75, 3.05) is 7.11 Å². The maximum absolute atomic E-state index is 12.8. The number of carbonyl (C=O) groups excluding carboxylic acids is 2. The number of H-pyrrole nitrogens is 1. The molecule has 0 spiro atoms. The fourth-order valence-electron chi connectivity index (χ4n) is 2.08. The molecule has 0 atom stereocenters. The number of aromatic amines is 1. The van der Waals surface area contributed by atoms with Gasteiger partial charge in [0.2, 0.25) is 5.82 Å². The minimum absolute atomic E-state index is 0.0834. The molecule has 0 unspecified atom stereocenters. The molecule has 1 aliphatic heterocycles. The van der Waals surface area contributed by atoms with Gasteiger partial charge in [-0.1, -0.05) is 12.1 Å². The second kappa shape index (κ2) is 7.23. The molecule has 0 radical (unpaired) electrons. The Morgan fingerprint density at radius 1 is 1.37 bits per heavy atom. The van der Waals surface area contributed by atoms with Gasteiger partial charge < -0.3 is 9.72 Å². The summed E-state index contributed by atoms with van der Waals surface area (Å²) < 4.78 is 42.8. The number of amidine groups is 1. The highest BCUT2D eigenvalue weighted by atomic mass is 32.2. The first kappa shape index (κ1) is 18.6. The van der Waals surface area contributed by atoms with Crippen molar-refractivity contribution in [3.05, 3.63) is 40.6 Å². The molecule has 1 fully saturated rings. The Kier molecular flexibility index (Phi) is 4.99. The van der Waals surface area contributed by atoms with Crippen molar-refractivity contribution in [1.82, 2.24) is 15.3 Å². The number of hydrogen-bond donors (Lipinski definition) is 2. The number of hydrogen-bond acceptors (Lipinski definition) is 7. The van der Waals surface area contributed by atoms with E-state index in [0.717, 1.165) is 17.8 Å². The third kappa shape index (κ3) is 4.16. The second-order valence-electron chi connectivity index (χ2n) is 5.06. The summed E-state index contributed by atoms with van der Waals surface area (Å²) in [5.41, 5.74) is 0.595. The van der Waals surface area contributed by atoms with Gasteiger partial charge >= 0.3 is 12.1 Å². The maximum atomic E-state index is 12.8. The third-order valence-electron chi connectivity index (χ3n) is 3.26. The van der Waals surface area contributed by atoms with Crippen LogP contribution in [-0.2, 0) is 20.5 Å². The van der Waals surface area contributed by atoms with Gasteiger partial charge in [-0.05, 0) is 17.8 Å². The summed E-state index contributed by atoms with van der Waals surface area (Å²) in [5, 5.41) is 10.0. The number of thioether (sulfide) groups is 1. The Hall–Kier alpha value is -3.15. The number of alkyl halides is 3. The Bertz CT molecular complexity index is 1010. The van der Waals surface area contributed by atoms with Gasteiger partial charge in [0, 0.05) is 11.6 Å². The molecular weight excluding hydrogens is 387 g/mol. The van der Waals surface area contributed by atoms with E-state index in [-0.39, 0.29) is 21.1 Å². The lowest BCUT2D eigenvalue weighted by Crippen LogP contribution is -2.19. The number of halogens is 3. The number of carbonyl (C=O) groups is 2. The summed E-state index contributed by atoms with van der Waals surface area (Å²) >= 11 is 0.874. The highest BCUT2D eigenvalue weighted by Crippen LogP contribution is 2.29. The van der Waals surface area contributed by atoms with Crippen molar-refractivity contribution in [2.45, 2.75) is 6.18 Å². The number of ether oxygens (including phenoxy) is 1. The Morgan fingerprint density at radius 3 is 2.85 bits per heavy atom.